The molecule has 0 aliphatic heterocycles. The van der Waals surface area contributed by atoms with Gasteiger partial charge in [0.2, 0.25) is 0 Å². The molecule has 1 aromatic carbocycles. The fourth-order valence-corrected chi connectivity index (χ4v) is 2.91. The molecular weight excluding hydrogens is 264 g/mol. The number of hydrogen-bond acceptors (Lipinski definition) is 3. The fourth-order valence-electron chi connectivity index (χ4n) is 1.63. The number of carboxylic acid groups (broad SMARTS) is 1. The Hall–Kier alpha value is -1.36. The SMILES string of the molecule is C[C@H](Cc1cccc(S(=O)(=O)C(C)(C)C)c1)C(=O)O. The van der Waals surface area contributed by atoms with E-state index in [9.17, 15) is 13.2 Å². The maximum Gasteiger partial charge on any atom is 0.306 e. The average Bonchev–Trinajstić information content (AvgIpc) is 2.27. The van der Waals surface area contributed by atoms with Crippen molar-refractivity contribution < 1.29 is 18.3 Å². The maximum atomic E-state index is 12.3. The van der Waals surface area contributed by atoms with Crippen molar-refractivity contribution in [2.24, 2.45) is 5.92 Å². The molecular formula is C14H20O4S. The van der Waals surface area contributed by atoms with Crippen LogP contribution in [0, 0.1) is 5.92 Å². The van der Waals surface area contributed by atoms with E-state index in [-0.39, 0.29) is 4.90 Å². The van der Waals surface area contributed by atoms with E-state index in [4.69, 9.17) is 5.11 Å². The monoisotopic (exact) mass is 284 g/mol. The molecule has 1 aromatic rings. The van der Waals surface area contributed by atoms with Crippen LogP contribution in [0.4, 0.5) is 0 Å². The number of sulfone groups is 1. The van der Waals surface area contributed by atoms with Gasteiger partial charge in [0.25, 0.3) is 0 Å². The first-order valence-corrected chi connectivity index (χ1v) is 7.60. The van der Waals surface area contributed by atoms with Crippen LogP contribution in [0.15, 0.2) is 29.2 Å². The number of aliphatic carboxylic acids is 1. The van der Waals surface area contributed by atoms with Gasteiger partial charge in [-0.2, -0.15) is 0 Å². The van der Waals surface area contributed by atoms with Crippen molar-refractivity contribution >= 4 is 15.8 Å². The molecule has 0 aromatic heterocycles. The largest absolute Gasteiger partial charge is 0.481 e. The van der Waals surface area contributed by atoms with E-state index in [2.05, 4.69) is 0 Å². The first kappa shape index (κ1) is 15.7. The molecule has 0 saturated carbocycles. The highest BCUT2D eigenvalue weighted by Crippen LogP contribution is 2.25. The summed E-state index contributed by atoms with van der Waals surface area (Å²) in [6, 6.07) is 6.53. The van der Waals surface area contributed by atoms with Gasteiger partial charge in [0, 0.05) is 0 Å². The molecule has 0 fully saturated rings. The van der Waals surface area contributed by atoms with E-state index >= 15 is 0 Å². The zero-order valence-corrected chi connectivity index (χ0v) is 12.5. The number of hydrogen-bond donors (Lipinski definition) is 1. The molecule has 0 heterocycles. The summed E-state index contributed by atoms with van der Waals surface area (Å²) in [6.07, 6.45) is 0.322. The summed E-state index contributed by atoms with van der Waals surface area (Å²) in [6.45, 7) is 6.55. The van der Waals surface area contributed by atoms with Crippen LogP contribution in [0.3, 0.4) is 0 Å². The third-order valence-electron chi connectivity index (χ3n) is 2.98. The molecule has 0 unspecified atom stereocenters. The molecule has 0 saturated heterocycles. The molecule has 0 aliphatic rings. The van der Waals surface area contributed by atoms with Crippen LogP contribution in [0.25, 0.3) is 0 Å². The predicted octanol–water partition coefficient (Wildman–Crippen LogP) is 2.52. The van der Waals surface area contributed by atoms with Gasteiger partial charge in [-0.15, -0.1) is 0 Å². The van der Waals surface area contributed by atoms with E-state index in [1.165, 1.54) is 0 Å². The van der Waals surface area contributed by atoms with Crippen LogP contribution >= 0.6 is 0 Å². The molecule has 0 aliphatic carbocycles. The molecule has 0 bridgehead atoms. The lowest BCUT2D eigenvalue weighted by atomic mass is 10.0. The lowest BCUT2D eigenvalue weighted by Gasteiger charge is -2.19. The quantitative estimate of drug-likeness (QED) is 0.922. The van der Waals surface area contributed by atoms with Crippen LogP contribution in [0.1, 0.15) is 33.3 Å². The fraction of sp³-hybridized carbons (Fsp3) is 0.500. The highest BCUT2D eigenvalue weighted by Gasteiger charge is 2.30. The van der Waals surface area contributed by atoms with E-state index in [1.54, 1.807) is 52.0 Å². The Morgan fingerprint density at radius 1 is 1.32 bits per heavy atom. The Bertz CT molecular complexity index is 567. The minimum absolute atomic E-state index is 0.245. The molecule has 0 spiro atoms. The zero-order chi connectivity index (χ0) is 14.8. The minimum Gasteiger partial charge on any atom is -0.481 e. The molecule has 0 amide bonds. The third-order valence-corrected chi connectivity index (χ3v) is 5.47. The van der Waals surface area contributed by atoms with Crippen molar-refractivity contribution in [2.45, 2.75) is 43.8 Å². The summed E-state index contributed by atoms with van der Waals surface area (Å²) >= 11 is 0. The third kappa shape index (κ3) is 3.56. The smallest absolute Gasteiger partial charge is 0.306 e. The van der Waals surface area contributed by atoms with Gasteiger partial charge in [-0.1, -0.05) is 19.1 Å². The predicted molar refractivity (Wildman–Crippen MR) is 73.9 cm³/mol. The zero-order valence-electron chi connectivity index (χ0n) is 11.7. The molecule has 0 radical (unpaired) electrons. The van der Waals surface area contributed by atoms with E-state index in [1.807, 2.05) is 0 Å². The highest BCUT2D eigenvalue weighted by atomic mass is 32.2. The van der Waals surface area contributed by atoms with Crippen molar-refractivity contribution in [3.05, 3.63) is 29.8 Å². The van der Waals surface area contributed by atoms with Crippen molar-refractivity contribution in [2.75, 3.05) is 0 Å². The summed E-state index contributed by atoms with van der Waals surface area (Å²) < 4.78 is 23.7. The van der Waals surface area contributed by atoms with Gasteiger partial charge in [-0.05, 0) is 44.9 Å². The van der Waals surface area contributed by atoms with Crippen molar-refractivity contribution in [3.8, 4) is 0 Å². The molecule has 1 atom stereocenters. The lowest BCUT2D eigenvalue weighted by molar-refractivity contribution is -0.141. The Morgan fingerprint density at radius 3 is 2.37 bits per heavy atom. The minimum atomic E-state index is -3.40. The Kier molecular flexibility index (Phi) is 4.40. The van der Waals surface area contributed by atoms with Gasteiger partial charge >= 0.3 is 5.97 Å². The van der Waals surface area contributed by atoms with Crippen LogP contribution in [-0.4, -0.2) is 24.2 Å². The van der Waals surface area contributed by atoms with Crippen molar-refractivity contribution in [1.29, 1.82) is 0 Å². The molecule has 106 valence electrons. The first-order chi connectivity index (χ1) is 8.55. The van der Waals surface area contributed by atoms with Crippen LogP contribution in [0.2, 0.25) is 0 Å². The molecule has 4 nitrogen and oxygen atoms in total. The normalized spacial score (nSPS) is 14.1. The molecule has 19 heavy (non-hydrogen) atoms. The van der Waals surface area contributed by atoms with Gasteiger partial charge in [0.05, 0.1) is 15.6 Å². The second kappa shape index (κ2) is 5.33. The molecule has 1 rings (SSSR count). The number of carboxylic acids is 1. The second-order valence-electron chi connectivity index (χ2n) is 5.71. The summed E-state index contributed by atoms with van der Waals surface area (Å²) in [5.41, 5.74) is 0.722. The topological polar surface area (TPSA) is 71.4 Å². The van der Waals surface area contributed by atoms with Crippen LogP contribution in [-0.2, 0) is 21.1 Å². The average molecular weight is 284 g/mol. The number of rotatable bonds is 4. The summed E-state index contributed by atoms with van der Waals surface area (Å²) in [5.74, 6) is -1.42. The maximum absolute atomic E-state index is 12.3. The standard InChI is InChI=1S/C14H20O4S/c1-10(13(15)16)8-11-6-5-7-12(9-11)19(17,18)14(2,3)4/h5-7,9-10H,8H2,1-4H3,(H,15,16)/t10-/m1/s1. The van der Waals surface area contributed by atoms with Gasteiger partial charge in [-0.25, -0.2) is 8.42 Å². The Labute approximate surface area is 114 Å². The first-order valence-electron chi connectivity index (χ1n) is 6.12. The van der Waals surface area contributed by atoms with Crippen molar-refractivity contribution in [3.63, 3.8) is 0 Å². The summed E-state index contributed by atoms with van der Waals surface area (Å²) in [5, 5.41) is 8.88. The van der Waals surface area contributed by atoms with E-state index < -0.39 is 26.5 Å². The van der Waals surface area contributed by atoms with E-state index in [0.29, 0.717) is 6.42 Å². The van der Waals surface area contributed by atoms with Gasteiger partial charge in [0.15, 0.2) is 9.84 Å². The van der Waals surface area contributed by atoms with Gasteiger partial charge in [0.1, 0.15) is 0 Å². The Balaban J connectivity index is 3.12. The summed E-state index contributed by atoms with van der Waals surface area (Å²) in [7, 11) is -3.40. The Morgan fingerprint density at radius 2 is 1.89 bits per heavy atom. The number of benzene rings is 1. The van der Waals surface area contributed by atoms with Gasteiger partial charge in [-0.3, -0.25) is 4.79 Å². The number of carbonyl (C=O) groups is 1. The summed E-state index contributed by atoms with van der Waals surface area (Å²) in [4.78, 5) is 11.1. The van der Waals surface area contributed by atoms with Gasteiger partial charge < -0.3 is 5.11 Å². The molecule has 5 heteroatoms. The lowest BCUT2D eigenvalue weighted by Crippen LogP contribution is -2.28. The highest BCUT2D eigenvalue weighted by molar-refractivity contribution is 7.92. The second-order valence-corrected chi connectivity index (χ2v) is 8.41. The van der Waals surface area contributed by atoms with Crippen molar-refractivity contribution in [1.82, 2.24) is 0 Å². The van der Waals surface area contributed by atoms with E-state index in [0.717, 1.165) is 5.56 Å². The van der Waals surface area contributed by atoms with Crippen LogP contribution < -0.4 is 0 Å². The van der Waals surface area contributed by atoms with Crippen LogP contribution in [0.5, 0.6) is 0 Å². The molecule has 1 N–H and O–H groups in total.